The van der Waals surface area contributed by atoms with Crippen LogP contribution in [0.4, 0.5) is 0 Å². The molecule has 1 saturated carbocycles. The Kier molecular flexibility index (Phi) is 8.80. The van der Waals surface area contributed by atoms with E-state index in [9.17, 15) is 4.79 Å². The number of aryl methyl sites for hydroxylation is 2. The zero-order valence-electron chi connectivity index (χ0n) is 20.4. The first-order chi connectivity index (χ1) is 16.2. The lowest BCUT2D eigenvalue weighted by Gasteiger charge is -2.40. The van der Waals surface area contributed by atoms with Crippen LogP contribution in [0.1, 0.15) is 66.1 Å². The lowest BCUT2D eigenvalue weighted by Crippen LogP contribution is -2.49. The van der Waals surface area contributed by atoms with Gasteiger partial charge in [-0.15, -0.1) is 0 Å². The average molecular weight is 482 g/mol. The average Bonchev–Trinajstić information content (AvgIpc) is 2.83. The van der Waals surface area contributed by atoms with Crippen LogP contribution in [-0.2, 0) is 4.74 Å². The Bertz CT molecular complexity index is 1040. The molecule has 0 saturated heterocycles. The predicted molar refractivity (Wildman–Crippen MR) is 139 cm³/mol. The van der Waals surface area contributed by atoms with E-state index in [0.717, 1.165) is 47.3 Å². The second kappa shape index (κ2) is 11.6. The van der Waals surface area contributed by atoms with Gasteiger partial charge < -0.3 is 15.8 Å². The van der Waals surface area contributed by atoms with E-state index in [4.69, 9.17) is 15.9 Å². The first kappa shape index (κ1) is 25.8. The maximum atomic E-state index is 12.9. The molecule has 0 heterocycles. The van der Waals surface area contributed by atoms with Crippen molar-refractivity contribution in [2.45, 2.75) is 63.4 Å². The topological polar surface area (TPSA) is 116 Å². The quantitative estimate of drug-likeness (QED) is 0.250. The number of ether oxygens (including phenoxy) is 1. The van der Waals surface area contributed by atoms with E-state index in [2.05, 4.69) is 10.5 Å². The molecule has 1 fully saturated rings. The zero-order chi connectivity index (χ0) is 24.7. The third-order valence-corrected chi connectivity index (χ3v) is 7.32. The van der Waals surface area contributed by atoms with Crippen LogP contribution in [0.5, 0.6) is 0 Å². The van der Waals surface area contributed by atoms with Crippen LogP contribution in [0.15, 0.2) is 53.4 Å². The van der Waals surface area contributed by atoms with Crippen LogP contribution < -0.4 is 16.2 Å². The van der Waals surface area contributed by atoms with E-state index < -0.39 is 5.60 Å². The molecule has 7 N–H and O–H groups in total. The van der Waals surface area contributed by atoms with E-state index in [1.807, 2.05) is 57.2 Å². The van der Waals surface area contributed by atoms with Crippen molar-refractivity contribution in [2.24, 2.45) is 11.7 Å². The molecule has 2 aromatic carbocycles. The third kappa shape index (κ3) is 6.42. The molecule has 1 aliphatic rings. The van der Waals surface area contributed by atoms with E-state index in [0.29, 0.717) is 17.8 Å². The predicted octanol–water partition coefficient (Wildman–Crippen LogP) is 4.61. The van der Waals surface area contributed by atoms with Crippen molar-refractivity contribution >= 4 is 29.4 Å². The molecule has 182 valence electrons. The molecular formula is C27H37N4O2S+. The summed E-state index contributed by atoms with van der Waals surface area (Å²) in [7, 11) is 0. The zero-order valence-corrected chi connectivity index (χ0v) is 21.3. The normalized spacial score (nSPS) is 16.5. The highest BCUT2D eigenvalue weighted by molar-refractivity contribution is 7.92. The van der Waals surface area contributed by atoms with Gasteiger partial charge in [0.2, 0.25) is 5.90 Å². The molecule has 0 aromatic heterocycles. The molecule has 3 rings (SSSR count). The highest BCUT2D eigenvalue weighted by Gasteiger charge is 2.38. The third-order valence-electron chi connectivity index (χ3n) is 6.73. The van der Waals surface area contributed by atoms with E-state index in [1.54, 1.807) is 12.1 Å². The Labute approximate surface area is 207 Å². The summed E-state index contributed by atoms with van der Waals surface area (Å²) < 4.78 is 6.28. The number of carbonyl (C=O) groups excluding carboxylic acids is 1. The number of hydrogen-bond acceptors (Lipinski definition) is 5. The van der Waals surface area contributed by atoms with Gasteiger partial charge in [0.05, 0.1) is 11.4 Å². The fourth-order valence-electron chi connectivity index (χ4n) is 4.83. The number of nitrogens with one attached hydrogen (secondary N) is 2. The smallest absolute Gasteiger partial charge is 0.251 e. The lowest BCUT2D eigenvalue weighted by atomic mass is 9.77. The number of benzene rings is 2. The standard InChI is InChI=1S/C27H36N4O2S/c1-18-9-7-10-19(2)25(18)23(28)16-24(29)33-27(3,21-12-5-4-6-13-21)17-31-26(32)20-11-8-14-22(15-20)34-30/h7-11,14-16,21,29H,4-6,12-13,17,28,30H2,1-3H3,(H,31,32)/p+1/b23-16-,29-24?. The van der Waals surface area contributed by atoms with Gasteiger partial charge in [-0.25, -0.2) is 0 Å². The maximum Gasteiger partial charge on any atom is 0.251 e. The summed E-state index contributed by atoms with van der Waals surface area (Å²) >= 11 is 1.36. The van der Waals surface area contributed by atoms with E-state index >= 15 is 0 Å². The van der Waals surface area contributed by atoms with Crippen LogP contribution in [0, 0.1) is 25.2 Å². The monoisotopic (exact) mass is 481 g/mol. The molecule has 7 heteroatoms. The molecule has 0 spiro atoms. The number of nitrogens with two attached hydrogens (primary N) is 1. The van der Waals surface area contributed by atoms with Gasteiger partial charge in [0.15, 0.2) is 0 Å². The second-order valence-corrected chi connectivity index (χ2v) is 10.1. The number of hydrogen-bond donors (Lipinski definition) is 4. The van der Waals surface area contributed by atoms with Gasteiger partial charge in [-0.05, 0) is 62.9 Å². The van der Waals surface area contributed by atoms with Crippen LogP contribution in [-0.4, -0.2) is 24.0 Å². The fraction of sp³-hybridized carbons (Fsp3) is 0.407. The van der Waals surface area contributed by atoms with E-state index in [1.165, 1.54) is 18.4 Å². The van der Waals surface area contributed by atoms with Gasteiger partial charge in [0.1, 0.15) is 17.5 Å². The summed E-state index contributed by atoms with van der Waals surface area (Å²) in [6.45, 7) is 6.34. The number of quaternary nitrogens is 1. The minimum absolute atomic E-state index is 0.0120. The second-order valence-electron chi connectivity index (χ2n) is 9.34. The van der Waals surface area contributed by atoms with Crippen molar-refractivity contribution in [2.75, 3.05) is 6.54 Å². The Hall–Kier alpha value is -2.77. The molecule has 1 atom stereocenters. The van der Waals surface area contributed by atoms with Gasteiger partial charge in [-0.2, -0.15) is 0 Å². The lowest BCUT2D eigenvalue weighted by molar-refractivity contribution is -0.137. The summed E-state index contributed by atoms with van der Waals surface area (Å²) in [4.78, 5) is 13.8. The SMILES string of the molecule is Cc1cccc(C)c1/C(N)=C/C(=N)OC(C)(CNC(=O)c1cccc(S[NH3+])c1)C1CCCCC1. The van der Waals surface area contributed by atoms with Gasteiger partial charge in [0.25, 0.3) is 5.91 Å². The van der Waals surface area contributed by atoms with Crippen molar-refractivity contribution in [1.82, 2.24) is 5.32 Å². The Morgan fingerprint density at radius 3 is 2.50 bits per heavy atom. The van der Waals surface area contributed by atoms with Crippen molar-refractivity contribution in [3.63, 3.8) is 0 Å². The molecule has 0 aliphatic heterocycles. The summed E-state index contributed by atoms with van der Waals surface area (Å²) in [6, 6.07) is 13.4. The largest absolute Gasteiger partial charge is 0.470 e. The molecule has 0 bridgehead atoms. The van der Waals surface area contributed by atoms with Gasteiger partial charge in [-0.3, -0.25) is 15.3 Å². The Balaban J connectivity index is 1.78. The molecular weight excluding hydrogens is 444 g/mol. The number of rotatable bonds is 8. The molecule has 1 unspecified atom stereocenters. The number of amides is 1. The van der Waals surface area contributed by atoms with Crippen molar-refractivity contribution in [3.8, 4) is 0 Å². The molecule has 6 nitrogen and oxygen atoms in total. The number of carbonyl (C=O) groups is 1. The highest BCUT2D eigenvalue weighted by atomic mass is 32.2. The van der Waals surface area contributed by atoms with Gasteiger partial charge in [0, 0.05) is 28.8 Å². The molecule has 2 aromatic rings. The van der Waals surface area contributed by atoms with Crippen molar-refractivity contribution < 1.29 is 14.7 Å². The molecule has 34 heavy (non-hydrogen) atoms. The Morgan fingerprint density at radius 2 is 1.85 bits per heavy atom. The van der Waals surface area contributed by atoms with Gasteiger partial charge >= 0.3 is 0 Å². The summed E-state index contributed by atoms with van der Waals surface area (Å²) in [5.74, 6) is 0.107. The first-order valence-corrected chi connectivity index (χ1v) is 12.8. The minimum Gasteiger partial charge on any atom is -0.470 e. The van der Waals surface area contributed by atoms with Crippen LogP contribution in [0.3, 0.4) is 0 Å². The fourth-order valence-corrected chi connectivity index (χ4v) is 5.21. The van der Waals surface area contributed by atoms with Crippen molar-refractivity contribution in [1.29, 1.82) is 5.41 Å². The van der Waals surface area contributed by atoms with Crippen molar-refractivity contribution in [3.05, 3.63) is 70.8 Å². The highest BCUT2D eigenvalue weighted by Crippen LogP contribution is 2.35. The summed E-state index contributed by atoms with van der Waals surface area (Å²) in [6.07, 6.45) is 7.10. The molecule has 1 aliphatic carbocycles. The van der Waals surface area contributed by atoms with Crippen LogP contribution in [0.25, 0.3) is 5.70 Å². The van der Waals surface area contributed by atoms with Crippen LogP contribution >= 0.6 is 11.9 Å². The van der Waals surface area contributed by atoms with E-state index in [-0.39, 0.29) is 17.7 Å². The molecule has 1 amide bonds. The summed E-state index contributed by atoms with van der Waals surface area (Å²) in [5.41, 5.74) is 9.84. The van der Waals surface area contributed by atoms with Crippen LogP contribution in [0.2, 0.25) is 0 Å². The first-order valence-electron chi connectivity index (χ1n) is 11.8. The maximum absolute atomic E-state index is 12.9. The minimum atomic E-state index is -0.705. The van der Waals surface area contributed by atoms with Gasteiger partial charge in [-0.1, -0.05) is 43.5 Å². The Morgan fingerprint density at radius 1 is 1.21 bits per heavy atom. The molecule has 0 radical (unpaired) electrons. The summed E-state index contributed by atoms with van der Waals surface area (Å²) in [5, 5.41) is 15.5.